The van der Waals surface area contributed by atoms with E-state index in [9.17, 15) is 9.90 Å². The monoisotopic (exact) mass is 249 g/mol. The Balaban J connectivity index is 1.92. The minimum absolute atomic E-state index is 0.0860. The van der Waals surface area contributed by atoms with E-state index in [0.717, 1.165) is 24.0 Å². The second-order valence-corrected chi connectivity index (χ2v) is 5.18. The first-order valence-electron chi connectivity index (χ1n) is 6.27. The summed E-state index contributed by atoms with van der Waals surface area (Å²) < 4.78 is 0. The molecule has 0 aromatic heterocycles. The molecule has 0 spiro atoms. The van der Waals surface area contributed by atoms with Gasteiger partial charge < -0.3 is 15.9 Å². The number of rotatable bonds is 6. The molecule has 0 saturated heterocycles. The molecule has 1 saturated carbocycles. The van der Waals surface area contributed by atoms with Gasteiger partial charge in [-0.3, -0.25) is 4.79 Å². The Kier molecular flexibility index (Phi) is 3.68. The first-order chi connectivity index (χ1) is 8.48. The van der Waals surface area contributed by atoms with Crippen LogP contribution in [0.2, 0.25) is 0 Å². The molecule has 1 unspecified atom stereocenters. The van der Waals surface area contributed by atoms with Crippen LogP contribution in [0.3, 0.4) is 0 Å². The molecule has 1 aromatic carbocycles. The van der Waals surface area contributed by atoms with Gasteiger partial charge in [-0.15, -0.1) is 0 Å². The predicted octanol–water partition coefficient (Wildman–Crippen LogP) is 1.62. The minimum atomic E-state index is -0.821. The topological polar surface area (TPSA) is 83.6 Å². The Morgan fingerprint density at radius 2 is 1.94 bits per heavy atom. The van der Waals surface area contributed by atoms with E-state index >= 15 is 0 Å². The molecule has 0 bridgehead atoms. The van der Waals surface area contributed by atoms with Crippen LogP contribution in [0.1, 0.15) is 42.9 Å². The van der Waals surface area contributed by atoms with Crippen molar-refractivity contribution in [3.05, 3.63) is 35.4 Å². The van der Waals surface area contributed by atoms with Crippen LogP contribution in [-0.4, -0.2) is 21.8 Å². The van der Waals surface area contributed by atoms with Crippen LogP contribution < -0.4 is 5.73 Å². The summed E-state index contributed by atoms with van der Waals surface area (Å²) in [5, 5.41) is 18.4. The molecule has 1 aliphatic rings. The van der Waals surface area contributed by atoms with Gasteiger partial charge in [0.25, 0.3) is 0 Å². The van der Waals surface area contributed by atoms with Crippen LogP contribution >= 0.6 is 0 Å². The highest BCUT2D eigenvalue weighted by Gasteiger charge is 2.39. The van der Waals surface area contributed by atoms with Crippen LogP contribution in [0.25, 0.3) is 0 Å². The first-order valence-corrected chi connectivity index (χ1v) is 6.27. The zero-order valence-corrected chi connectivity index (χ0v) is 10.3. The third-order valence-corrected chi connectivity index (χ3v) is 3.44. The molecule has 1 fully saturated rings. The number of carboxylic acid groups (broad SMARTS) is 1. The maximum Gasteiger partial charge on any atom is 0.303 e. The molecule has 1 aromatic rings. The molecule has 1 atom stereocenters. The zero-order chi connectivity index (χ0) is 13.2. The van der Waals surface area contributed by atoms with Crippen LogP contribution in [0.4, 0.5) is 0 Å². The number of hydrogen-bond acceptors (Lipinski definition) is 3. The molecule has 4 heteroatoms. The van der Waals surface area contributed by atoms with Gasteiger partial charge in [-0.25, -0.2) is 0 Å². The Morgan fingerprint density at radius 3 is 2.44 bits per heavy atom. The fourth-order valence-electron chi connectivity index (χ4n) is 2.03. The van der Waals surface area contributed by atoms with Gasteiger partial charge in [0.2, 0.25) is 0 Å². The van der Waals surface area contributed by atoms with Gasteiger partial charge in [-0.1, -0.05) is 24.3 Å². The highest BCUT2D eigenvalue weighted by molar-refractivity contribution is 5.66. The SMILES string of the molecule is NC(CCC(=O)O)c1ccc(CC2(O)CC2)cc1. The molecule has 18 heavy (non-hydrogen) atoms. The fraction of sp³-hybridized carbons (Fsp3) is 0.500. The number of hydrogen-bond donors (Lipinski definition) is 3. The lowest BCUT2D eigenvalue weighted by molar-refractivity contribution is -0.137. The lowest BCUT2D eigenvalue weighted by Crippen LogP contribution is -2.13. The number of carboxylic acids is 1. The summed E-state index contributed by atoms with van der Waals surface area (Å²) in [4.78, 5) is 10.5. The van der Waals surface area contributed by atoms with Crippen LogP contribution in [0, 0.1) is 0 Å². The van der Waals surface area contributed by atoms with E-state index in [-0.39, 0.29) is 12.5 Å². The van der Waals surface area contributed by atoms with Crippen molar-refractivity contribution >= 4 is 5.97 Å². The van der Waals surface area contributed by atoms with Gasteiger partial charge >= 0.3 is 5.97 Å². The number of aliphatic hydroxyl groups is 1. The number of nitrogens with two attached hydrogens (primary N) is 1. The van der Waals surface area contributed by atoms with Crippen molar-refractivity contribution in [2.24, 2.45) is 5.73 Å². The summed E-state index contributed by atoms with van der Waals surface area (Å²) in [7, 11) is 0. The van der Waals surface area contributed by atoms with E-state index in [1.54, 1.807) is 0 Å². The lowest BCUT2D eigenvalue weighted by atomic mass is 9.99. The zero-order valence-electron chi connectivity index (χ0n) is 10.3. The molecule has 4 N–H and O–H groups in total. The Hall–Kier alpha value is -1.39. The van der Waals surface area contributed by atoms with Crippen molar-refractivity contribution in [3.63, 3.8) is 0 Å². The van der Waals surface area contributed by atoms with E-state index in [4.69, 9.17) is 10.8 Å². The molecule has 0 radical (unpaired) electrons. The molecule has 0 amide bonds. The van der Waals surface area contributed by atoms with Crippen molar-refractivity contribution in [2.75, 3.05) is 0 Å². The van der Waals surface area contributed by atoms with Crippen molar-refractivity contribution in [3.8, 4) is 0 Å². The van der Waals surface area contributed by atoms with Crippen LogP contribution in [-0.2, 0) is 11.2 Å². The van der Waals surface area contributed by atoms with Gasteiger partial charge in [0.05, 0.1) is 5.60 Å². The Morgan fingerprint density at radius 1 is 1.33 bits per heavy atom. The van der Waals surface area contributed by atoms with E-state index < -0.39 is 11.6 Å². The summed E-state index contributed by atoms with van der Waals surface area (Å²) in [6.07, 6.45) is 2.98. The molecule has 98 valence electrons. The Labute approximate surface area is 106 Å². The van der Waals surface area contributed by atoms with Crippen molar-refractivity contribution < 1.29 is 15.0 Å². The third-order valence-electron chi connectivity index (χ3n) is 3.44. The molecule has 0 aliphatic heterocycles. The number of benzene rings is 1. The van der Waals surface area contributed by atoms with E-state index in [2.05, 4.69) is 0 Å². The molecule has 2 rings (SSSR count). The summed E-state index contributed by atoms with van der Waals surface area (Å²) >= 11 is 0. The molecule has 4 nitrogen and oxygen atoms in total. The first kappa shape index (κ1) is 13.1. The highest BCUT2D eigenvalue weighted by Crippen LogP contribution is 2.38. The van der Waals surface area contributed by atoms with Crippen LogP contribution in [0.15, 0.2) is 24.3 Å². The highest BCUT2D eigenvalue weighted by atomic mass is 16.4. The second kappa shape index (κ2) is 5.08. The molecular weight excluding hydrogens is 230 g/mol. The van der Waals surface area contributed by atoms with Crippen molar-refractivity contribution in [1.29, 1.82) is 0 Å². The van der Waals surface area contributed by atoms with Crippen molar-refractivity contribution in [1.82, 2.24) is 0 Å². The standard InChI is InChI=1S/C14H19NO3/c15-12(5-6-13(16)17)11-3-1-10(2-4-11)9-14(18)7-8-14/h1-4,12,18H,5-9,15H2,(H,16,17). The average Bonchev–Trinajstić information content (AvgIpc) is 3.04. The van der Waals surface area contributed by atoms with Gasteiger partial charge in [-0.05, 0) is 30.4 Å². The third kappa shape index (κ3) is 3.55. The fourth-order valence-corrected chi connectivity index (χ4v) is 2.03. The Bertz CT molecular complexity index is 423. The normalized spacial score (nSPS) is 18.3. The number of carbonyl (C=O) groups is 1. The molecule has 0 heterocycles. The average molecular weight is 249 g/mol. The van der Waals surface area contributed by atoms with E-state index in [0.29, 0.717) is 12.8 Å². The maximum atomic E-state index is 10.5. The molecule has 1 aliphatic carbocycles. The van der Waals surface area contributed by atoms with E-state index in [1.807, 2.05) is 24.3 Å². The second-order valence-electron chi connectivity index (χ2n) is 5.18. The predicted molar refractivity (Wildman–Crippen MR) is 68.1 cm³/mol. The van der Waals surface area contributed by atoms with E-state index in [1.165, 1.54) is 0 Å². The van der Waals surface area contributed by atoms with Gasteiger partial charge in [-0.2, -0.15) is 0 Å². The summed E-state index contributed by atoms with van der Waals surface area (Å²) in [6.45, 7) is 0. The summed E-state index contributed by atoms with van der Waals surface area (Å²) in [6, 6.07) is 7.54. The minimum Gasteiger partial charge on any atom is -0.481 e. The maximum absolute atomic E-state index is 10.5. The lowest BCUT2D eigenvalue weighted by Gasteiger charge is -2.12. The smallest absolute Gasteiger partial charge is 0.303 e. The number of aliphatic carboxylic acids is 1. The summed E-state index contributed by atoms with van der Waals surface area (Å²) in [5.74, 6) is -0.821. The molecular formula is C14H19NO3. The largest absolute Gasteiger partial charge is 0.481 e. The summed E-state index contributed by atoms with van der Waals surface area (Å²) in [5.41, 5.74) is 7.49. The van der Waals surface area contributed by atoms with Gasteiger partial charge in [0, 0.05) is 18.9 Å². The van der Waals surface area contributed by atoms with Gasteiger partial charge in [0.15, 0.2) is 0 Å². The van der Waals surface area contributed by atoms with Gasteiger partial charge in [0.1, 0.15) is 0 Å². The van der Waals surface area contributed by atoms with Crippen LogP contribution in [0.5, 0.6) is 0 Å². The quantitative estimate of drug-likeness (QED) is 0.715. The van der Waals surface area contributed by atoms with Crippen molar-refractivity contribution in [2.45, 2.75) is 43.7 Å².